The summed E-state index contributed by atoms with van der Waals surface area (Å²) < 4.78 is 16.2. The number of nitrogens with one attached hydrogen (secondary N) is 1. The molecule has 2 aromatic carbocycles. The van der Waals surface area contributed by atoms with Gasteiger partial charge in [0.2, 0.25) is 0 Å². The number of halogens is 1. The van der Waals surface area contributed by atoms with Gasteiger partial charge in [-0.25, -0.2) is 0 Å². The molecule has 124 valence electrons. The van der Waals surface area contributed by atoms with Crippen LogP contribution in [0.2, 0.25) is 5.02 Å². The van der Waals surface area contributed by atoms with Gasteiger partial charge < -0.3 is 19.2 Å². The highest BCUT2D eigenvalue weighted by atomic mass is 35.5. The predicted octanol–water partition coefficient (Wildman–Crippen LogP) is 4.03. The molecule has 1 N–H and O–H groups in total. The summed E-state index contributed by atoms with van der Waals surface area (Å²) in [5, 5.41) is 4.19. The highest BCUT2D eigenvalue weighted by Gasteiger charge is 2.14. The van der Waals surface area contributed by atoms with Crippen LogP contribution in [0.3, 0.4) is 0 Å². The molecular formula is C18H16ClNO4. The van der Waals surface area contributed by atoms with Crippen molar-refractivity contribution < 1.29 is 18.7 Å². The first-order chi connectivity index (χ1) is 11.6. The van der Waals surface area contributed by atoms with Crippen LogP contribution in [-0.4, -0.2) is 20.1 Å². The molecule has 5 nitrogen and oxygen atoms in total. The van der Waals surface area contributed by atoms with Crippen LogP contribution >= 0.6 is 11.6 Å². The van der Waals surface area contributed by atoms with Crippen LogP contribution < -0.4 is 14.8 Å². The van der Waals surface area contributed by atoms with E-state index in [4.69, 9.17) is 25.5 Å². The van der Waals surface area contributed by atoms with E-state index in [1.165, 1.54) is 0 Å². The Morgan fingerprint density at radius 3 is 2.75 bits per heavy atom. The van der Waals surface area contributed by atoms with Crippen molar-refractivity contribution in [2.75, 3.05) is 14.2 Å². The van der Waals surface area contributed by atoms with Crippen molar-refractivity contribution in [2.24, 2.45) is 0 Å². The van der Waals surface area contributed by atoms with E-state index in [1.54, 1.807) is 44.6 Å². The van der Waals surface area contributed by atoms with E-state index in [0.29, 0.717) is 22.1 Å². The van der Waals surface area contributed by atoms with Gasteiger partial charge >= 0.3 is 0 Å². The fourth-order valence-electron chi connectivity index (χ4n) is 2.48. The van der Waals surface area contributed by atoms with Crippen molar-refractivity contribution in [3.05, 3.63) is 58.8 Å². The number of hydrogen-bond acceptors (Lipinski definition) is 4. The highest BCUT2D eigenvalue weighted by molar-refractivity contribution is 6.31. The van der Waals surface area contributed by atoms with Gasteiger partial charge in [0.15, 0.2) is 17.3 Å². The molecule has 1 amide bonds. The molecule has 0 saturated carbocycles. The molecule has 0 radical (unpaired) electrons. The van der Waals surface area contributed by atoms with Gasteiger partial charge in [-0.2, -0.15) is 0 Å². The Bertz CT molecular complexity index is 888. The average Bonchev–Trinajstić information content (AvgIpc) is 3.02. The Morgan fingerprint density at radius 2 is 2.00 bits per heavy atom. The Labute approximate surface area is 144 Å². The zero-order valence-electron chi connectivity index (χ0n) is 13.3. The van der Waals surface area contributed by atoms with Crippen LogP contribution in [0.5, 0.6) is 11.5 Å². The van der Waals surface area contributed by atoms with E-state index < -0.39 is 0 Å². The van der Waals surface area contributed by atoms with Crippen molar-refractivity contribution in [3.63, 3.8) is 0 Å². The van der Waals surface area contributed by atoms with Crippen molar-refractivity contribution in [1.29, 1.82) is 0 Å². The van der Waals surface area contributed by atoms with E-state index in [-0.39, 0.29) is 18.2 Å². The van der Waals surface area contributed by atoms with Crippen LogP contribution in [0.4, 0.5) is 0 Å². The fourth-order valence-corrected chi connectivity index (χ4v) is 2.66. The number of fused-ring (bicyclic) bond motifs is 1. The third-order valence-electron chi connectivity index (χ3n) is 3.63. The van der Waals surface area contributed by atoms with Gasteiger partial charge in [-0.1, -0.05) is 23.7 Å². The molecule has 0 atom stereocenters. The molecule has 0 aliphatic rings. The number of carbonyl (C=O) groups is 1. The van der Waals surface area contributed by atoms with Gasteiger partial charge in [0.25, 0.3) is 5.91 Å². The second-order valence-corrected chi connectivity index (χ2v) is 5.56. The summed E-state index contributed by atoms with van der Waals surface area (Å²) >= 11 is 5.94. The smallest absolute Gasteiger partial charge is 0.287 e. The summed E-state index contributed by atoms with van der Waals surface area (Å²) in [6.45, 7) is 0.289. The zero-order chi connectivity index (χ0) is 17.1. The molecule has 1 heterocycles. The summed E-state index contributed by atoms with van der Waals surface area (Å²) in [7, 11) is 3.13. The third kappa shape index (κ3) is 3.16. The Kier molecular flexibility index (Phi) is 4.62. The highest BCUT2D eigenvalue weighted by Crippen LogP contribution is 2.30. The van der Waals surface area contributed by atoms with Gasteiger partial charge in [-0.3, -0.25) is 4.79 Å². The lowest BCUT2D eigenvalue weighted by atomic mass is 10.2. The second kappa shape index (κ2) is 6.84. The van der Waals surface area contributed by atoms with Gasteiger partial charge in [-0.15, -0.1) is 0 Å². The maximum absolute atomic E-state index is 12.3. The van der Waals surface area contributed by atoms with Crippen LogP contribution in [0.25, 0.3) is 11.0 Å². The topological polar surface area (TPSA) is 60.7 Å². The Hall–Kier alpha value is -2.66. The number of carbonyl (C=O) groups excluding carboxylic acids is 1. The molecule has 0 fully saturated rings. The zero-order valence-corrected chi connectivity index (χ0v) is 14.0. The van der Waals surface area contributed by atoms with Crippen LogP contribution in [0.15, 0.2) is 46.9 Å². The van der Waals surface area contributed by atoms with Crippen molar-refractivity contribution in [2.45, 2.75) is 6.54 Å². The minimum Gasteiger partial charge on any atom is -0.493 e. The number of rotatable bonds is 5. The molecule has 3 aromatic rings. The lowest BCUT2D eigenvalue weighted by Gasteiger charge is -2.12. The number of hydrogen-bond donors (Lipinski definition) is 1. The molecule has 0 aliphatic heterocycles. The van der Waals surface area contributed by atoms with E-state index in [0.717, 1.165) is 10.9 Å². The number of ether oxygens (including phenoxy) is 2. The number of methoxy groups -OCH3 is 2. The molecule has 0 aliphatic carbocycles. The van der Waals surface area contributed by atoms with Gasteiger partial charge in [0.05, 0.1) is 14.2 Å². The monoisotopic (exact) mass is 345 g/mol. The van der Waals surface area contributed by atoms with E-state index >= 15 is 0 Å². The Balaban J connectivity index is 1.77. The fraction of sp³-hybridized carbons (Fsp3) is 0.167. The molecule has 0 unspecified atom stereocenters. The SMILES string of the molecule is COc1cccc(CNC(=O)c2cc3cc(Cl)ccc3o2)c1OC. The standard InChI is InChI=1S/C18H16ClNO4/c1-22-15-5-3-4-11(17(15)23-2)10-20-18(21)16-9-12-8-13(19)6-7-14(12)24-16/h3-9H,10H2,1-2H3,(H,20,21). The molecular weight excluding hydrogens is 330 g/mol. The lowest BCUT2D eigenvalue weighted by Crippen LogP contribution is -2.22. The quantitative estimate of drug-likeness (QED) is 0.758. The van der Waals surface area contributed by atoms with E-state index in [2.05, 4.69) is 5.32 Å². The summed E-state index contributed by atoms with van der Waals surface area (Å²) in [5.74, 6) is 1.13. The molecule has 1 aromatic heterocycles. The van der Waals surface area contributed by atoms with E-state index in [1.807, 2.05) is 12.1 Å². The Morgan fingerprint density at radius 1 is 1.17 bits per heavy atom. The minimum absolute atomic E-state index is 0.231. The molecule has 0 spiro atoms. The van der Waals surface area contributed by atoms with Crippen molar-refractivity contribution >= 4 is 28.5 Å². The molecule has 3 rings (SSSR count). The van der Waals surface area contributed by atoms with Crippen LogP contribution in [-0.2, 0) is 6.54 Å². The normalized spacial score (nSPS) is 10.6. The van der Waals surface area contributed by atoms with Crippen molar-refractivity contribution in [3.8, 4) is 11.5 Å². The van der Waals surface area contributed by atoms with Gasteiger partial charge in [0.1, 0.15) is 5.58 Å². The number of benzene rings is 2. The largest absolute Gasteiger partial charge is 0.493 e. The predicted molar refractivity (Wildman–Crippen MR) is 91.9 cm³/mol. The van der Waals surface area contributed by atoms with Crippen molar-refractivity contribution in [1.82, 2.24) is 5.32 Å². The van der Waals surface area contributed by atoms with Crippen LogP contribution in [0.1, 0.15) is 16.1 Å². The molecule has 0 bridgehead atoms. The first-order valence-electron chi connectivity index (χ1n) is 7.29. The molecule has 24 heavy (non-hydrogen) atoms. The average molecular weight is 346 g/mol. The lowest BCUT2D eigenvalue weighted by molar-refractivity contribution is 0.0925. The first-order valence-corrected chi connectivity index (χ1v) is 7.67. The molecule has 6 heteroatoms. The third-order valence-corrected chi connectivity index (χ3v) is 3.86. The van der Waals surface area contributed by atoms with Gasteiger partial charge in [-0.05, 0) is 30.3 Å². The van der Waals surface area contributed by atoms with Gasteiger partial charge in [0, 0.05) is 22.5 Å². The second-order valence-electron chi connectivity index (χ2n) is 5.13. The first kappa shape index (κ1) is 16.2. The number of furan rings is 1. The summed E-state index contributed by atoms with van der Waals surface area (Å²) in [4.78, 5) is 12.3. The minimum atomic E-state index is -0.313. The van der Waals surface area contributed by atoms with E-state index in [9.17, 15) is 4.79 Å². The maximum atomic E-state index is 12.3. The molecule has 0 saturated heterocycles. The number of para-hydroxylation sites is 1. The maximum Gasteiger partial charge on any atom is 0.287 e. The summed E-state index contributed by atoms with van der Waals surface area (Å²) in [6.07, 6.45) is 0. The van der Waals surface area contributed by atoms with Crippen LogP contribution in [0, 0.1) is 0 Å². The summed E-state index contributed by atoms with van der Waals surface area (Å²) in [5.41, 5.74) is 1.42. The number of amides is 1. The summed E-state index contributed by atoms with van der Waals surface area (Å²) in [6, 6.07) is 12.4.